The van der Waals surface area contributed by atoms with Crippen LogP contribution in [0.3, 0.4) is 0 Å². The van der Waals surface area contributed by atoms with Crippen molar-refractivity contribution in [3.63, 3.8) is 0 Å². The molecule has 4 heteroatoms. The van der Waals surface area contributed by atoms with Gasteiger partial charge in [-0.15, -0.1) is 0 Å². The van der Waals surface area contributed by atoms with Crippen LogP contribution in [0.2, 0.25) is 0 Å². The van der Waals surface area contributed by atoms with Gasteiger partial charge in [-0.25, -0.2) is 4.21 Å². The van der Waals surface area contributed by atoms with Crippen LogP contribution in [0, 0.1) is 5.92 Å². The molecule has 0 amide bonds. The topological polar surface area (TPSA) is 29.4 Å². The summed E-state index contributed by atoms with van der Waals surface area (Å²) in [5.41, 5.74) is 0. The van der Waals surface area contributed by atoms with E-state index in [1.165, 1.54) is 0 Å². The fraction of sp³-hybridized carbons (Fsp3) is 0.667. The summed E-state index contributed by atoms with van der Waals surface area (Å²) in [6.07, 6.45) is 0. The van der Waals surface area contributed by atoms with E-state index in [0.29, 0.717) is 5.92 Å². The molecular formula is C9H17NOS2. The van der Waals surface area contributed by atoms with E-state index in [4.69, 9.17) is 0 Å². The third-order valence-electron chi connectivity index (χ3n) is 1.21. The van der Waals surface area contributed by atoms with Gasteiger partial charge in [-0.3, -0.25) is 0 Å². The third kappa shape index (κ3) is 4.62. The lowest BCUT2D eigenvalue weighted by Crippen LogP contribution is -2.06. The van der Waals surface area contributed by atoms with E-state index in [1.54, 1.807) is 17.2 Å². The summed E-state index contributed by atoms with van der Waals surface area (Å²) in [7, 11) is -1.12. The van der Waals surface area contributed by atoms with Crippen molar-refractivity contribution in [2.45, 2.75) is 34.6 Å². The van der Waals surface area contributed by atoms with Gasteiger partial charge in [0.25, 0.3) is 0 Å². The second-order valence-electron chi connectivity index (χ2n) is 2.69. The monoisotopic (exact) mass is 219 g/mol. The van der Waals surface area contributed by atoms with Gasteiger partial charge in [-0.2, -0.15) is 4.40 Å². The molecule has 0 fully saturated rings. The minimum atomic E-state index is -1.12. The van der Waals surface area contributed by atoms with E-state index in [1.807, 2.05) is 20.8 Å². The second-order valence-corrected chi connectivity index (χ2v) is 4.93. The van der Waals surface area contributed by atoms with Crippen molar-refractivity contribution in [2.75, 3.05) is 0 Å². The van der Waals surface area contributed by atoms with Crippen LogP contribution in [-0.2, 0) is 11.0 Å². The molecule has 76 valence electrons. The zero-order valence-electron chi connectivity index (χ0n) is 8.83. The number of rotatable bonds is 1. The van der Waals surface area contributed by atoms with Gasteiger partial charge >= 0.3 is 0 Å². The van der Waals surface area contributed by atoms with Gasteiger partial charge in [0.2, 0.25) is 0 Å². The van der Waals surface area contributed by atoms with Gasteiger partial charge in [-0.1, -0.05) is 39.5 Å². The number of hydrogen-bond donors (Lipinski definition) is 0. The van der Waals surface area contributed by atoms with Gasteiger partial charge in [-0.05, 0) is 11.8 Å². The summed E-state index contributed by atoms with van der Waals surface area (Å²) >= 11 is 1.62. The molecule has 0 saturated carbocycles. The van der Waals surface area contributed by atoms with Gasteiger partial charge in [0.1, 0.15) is 0 Å². The zero-order chi connectivity index (χ0) is 10.4. The van der Waals surface area contributed by atoms with Crippen LogP contribution >= 0.6 is 11.8 Å². The molecule has 1 aliphatic heterocycles. The normalized spacial score (nSPS) is 21.5. The number of nitrogens with zero attached hydrogens (tertiary/aromatic N) is 1. The first kappa shape index (κ1) is 12.9. The minimum Gasteiger partial charge on any atom is -0.230 e. The molecule has 0 aromatic heterocycles. The van der Waals surface area contributed by atoms with Crippen molar-refractivity contribution in [3.05, 3.63) is 10.3 Å². The van der Waals surface area contributed by atoms with E-state index < -0.39 is 11.0 Å². The summed E-state index contributed by atoms with van der Waals surface area (Å²) in [6, 6.07) is 0. The fourth-order valence-electron chi connectivity index (χ4n) is 0.688. The van der Waals surface area contributed by atoms with Crippen LogP contribution in [-0.4, -0.2) is 9.25 Å². The third-order valence-corrected chi connectivity index (χ3v) is 3.61. The molecule has 0 radical (unpaired) electrons. The van der Waals surface area contributed by atoms with E-state index in [9.17, 15) is 4.21 Å². The lowest BCUT2D eigenvalue weighted by atomic mass is 10.2. The molecule has 0 saturated heterocycles. The van der Waals surface area contributed by atoms with E-state index in [-0.39, 0.29) is 0 Å². The molecule has 0 aromatic rings. The Morgan fingerprint density at radius 2 is 2.00 bits per heavy atom. The molecule has 0 spiro atoms. The zero-order valence-corrected chi connectivity index (χ0v) is 10.5. The van der Waals surface area contributed by atoms with Crippen LogP contribution in [0.15, 0.2) is 14.7 Å². The summed E-state index contributed by atoms with van der Waals surface area (Å²) in [5, 5.41) is 2.65. The first-order valence-electron chi connectivity index (χ1n) is 4.45. The van der Waals surface area contributed by atoms with Gasteiger partial charge in [0, 0.05) is 11.3 Å². The smallest absolute Gasteiger partial charge is 0.166 e. The maximum atomic E-state index is 11.0. The van der Waals surface area contributed by atoms with Gasteiger partial charge < -0.3 is 0 Å². The fourth-order valence-corrected chi connectivity index (χ4v) is 2.79. The summed E-state index contributed by atoms with van der Waals surface area (Å²) < 4.78 is 15.0. The minimum absolute atomic E-state index is 0.382. The molecule has 1 aliphatic rings. The average Bonchev–Trinajstić information content (AvgIpc) is 2.06. The molecule has 1 heterocycles. The predicted molar refractivity (Wildman–Crippen MR) is 63.1 cm³/mol. The van der Waals surface area contributed by atoms with Crippen LogP contribution < -0.4 is 0 Å². The van der Waals surface area contributed by atoms with Gasteiger partial charge in [0.15, 0.2) is 11.0 Å². The molecular weight excluding hydrogens is 202 g/mol. The Morgan fingerprint density at radius 3 is 2.38 bits per heavy atom. The molecule has 0 aromatic carbocycles. The highest BCUT2D eigenvalue weighted by Gasteiger charge is 2.13. The SMILES string of the molecule is CC.CC1=CS(=O)N=C(C(C)C)S1. The predicted octanol–water partition coefficient (Wildman–Crippen LogP) is 3.34. The Kier molecular flexibility index (Phi) is 6.33. The van der Waals surface area contributed by atoms with Gasteiger partial charge in [0.05, 0.1) is 5.04 Å². The molecule has 0 N–H and O–H groups in total. The Morgan fingerprint density at radius 1 is 1.46 bits per heavy atom. The first-order valence-corrected chi connectivity index (χ1v) is 6.44. The molecule has 0 bridgehead atoms. The highest BCUT2D eigenvalue weighted by Crippen LogP contribution is 2.26. The molecule has 2 nitrogen and oxygen atoms in total. The van der Waals surface area contributed by atoms with Crippen molar-refractivity contribution in [1.29, 1.82) is 0 Å². The molecule has 0 aliphatic carbocycles. The highest BCUT2D eigenvalue weighted by molar-refractivity contribution is 8.18. The second kappa shape index (κ2) is 6.38. The quantitative estimate of drug-likeness (QED) is 0.677. The standard InChI is InChI=1S/C7H11NOS2.C2H6/c1-5(2)7-8-11(9)4-6(3)10-7;1-2/h4-5H,1-3H3;1-2H3. The van der Waals surface area contributed by atoms with Crippen molar-refractivity contribution in [1.82, 2.24) is 0 Å². The number of thioether (sulfide) groups is 1. The molecule has 1 rings (SSSR count). The lowest BCUT2D eigenvalue weighted by Gasteiger charge is -2.11. The van der Waals surface area contributed by atoms with Crippen LogP contribution in [0.5, 0.6) is 0 Å². The number of hydrogen-bond acceptors (Lipinski definition) is 2. The van der Waals surface area contributed by atoms with E-state index in [0.717, 1.165) is 9.95 Å². The Hall–Kier alpha value is -0.0900. The lowest BCUT2D eigenvalue weighted by molar-refractivity contribution is 0.689. The molecule has 13 heavy (non-hydrogen) atoms. The maximum absolute atomic E-state index is 11.0. The molecule has 1 atom stereocenters. The first-order chi connectivity index (χ1) is 6.09. The summed E-state index contributed by atoms with van der Waals surface area (Å²) in [4.78, 5) is 1.09. The van der Waals surface area contributed by atoms with Crippen molar-refractivity contribution in [3.8, 4) is 0 Å². The summed E-state index contributed by atoms with van der Waals surface area (Å²) in [5.74, 6) is 0.382. The van der Waals surface area contributed by atoms with Crippen LogP contribution in [0.4, 0.5) is 0 Å². The summed E-state index contributed by atoms with van der Waals surface area (Å²) in [6.45, 7) is 10.1. The van der Waals surface area contributed by atoms with Crippen molar-refractivity contribution in [2.24, 2.45) is 10.3 Å². The average molecular weight is 219 g/mol. The Bertz CT molecular complexity index is 244. The maximum Gasteiger partial charge on any atom is 0.166 e. The van der Waals surface area contributed by atoms with E-state index in [2.05, 4.69) is 18.2 Å². The Balaban J connectivity index is 0.000000671. The van der Waals surface area contributed by atoms with Crippen LogP contribution in [0.25, 0.3) is 0 Å². The Labute approximate surface area is 87.5 Å². The van der Waals surface area contributed by atoms with Crippen molar-refractivity contribution < 1.29 is 4.21 Å². The largest absolute Gasteiger partial charge is 0.230 e. The van der Waals surface area contributed by atoms with Crippen molar-refractivity contribution >= 4 is 27.8 Å². The van der Waals surface area contributed by atoms with Crippen LogP contribution in [0.1, 0.15) is 34.6 Å². The molecule has 1 unspecified atom stereocenters. The number of allylic oxidation sites excluding steroid dienone is 1. The highest BCUT2D eigenvalue weighted by atomic mass is 32.2. The van der Waals surface area contributed by atoms with E-state index >= 15 is 0 Å².